The second kappa shape index (κ2) is 9.00. The fourth-order valence-corrected chi connectivity index (χ4v) is 2.96. The Labute approximate surface area is 160 Å². The fraction of sp³-hybridized carbons (Fsp3) is 0.412. The molecule has 0 radical (unpaired) electrons. The van der Waals surface area contributed by atoms with E-state index in [0.29, 0.717) is 29.4 Å². The number of halogens is 2. The molecule has 1 atom stereocenters. The van der Waals surface area contributed by atoms with Gasteiger partial charge < -0.3 is 15.3 Å². The van der Waals surface area contributed by atoms with Crippen molar-refractivity contribution in [2.24, 2.45) is 5.92 Å². The number of nitrogens with one attached hydrogen (secondary N) is 1. The summed E-state index contributed by atoms with van der Waals surface area (Å²) in [5, 5.41) is 12.2. The molecular weight excluding hydrogens is 383 g/mol. The number of Topliss-reactive ketones (excluding diaryl/α,β-unsaturated/α-hetero) is 1. The molecule has 0 bridgehead atoms. The summed E-state index contributed by atoms with van der Waals surface area (Å²) < 4.78 is 0. The standard InChI is InChI=1S/C17H18Cl2N2O5/c18-12-4-3-10(8-13(12)19)2-1-6-20-16(25)11-9-21(7-5-14(22)23)17(26)15(11)24/h3-4,8,11H,1-2,5-7,9H2,(H,20,25)(H,22,23). The molecule has 1 saturated heterocycles. The molecule has 2 N–H and O–H groups in total. The molecule has 26 heavy (non-hydrogen) atoms. The maximum atomic E-state index is 12.1. The van der Waals surface area contributed by atoms with Crippen LogP contribution in [-0.2, 0) is 25.6 Å². The van der Waals surface area contributed by atoms with Crippen LogP contribution < -0.4 is 5.32 Å². The van der Waals surface area contributed by atoms with Gasteiger partial charge in [-0.3, -0.25) is 19.2 Å². The number of aliphatic carboxylic acids is 1. The molecule has 7 nitrogen and oxygen atoms in total. The van der Waals surface area contributed by atoms with Crippen molar-refractivity contribution in [1.82, 2.24) is 10.2 Å². The van der Waals surface area contributed by atoms with Gasteiger partial charge >= 0.3 is 5.97 Å². The average molecular weight is 401 g/mol. The van der Waals surface area contributed by atoms with Gasteiger partial charge in [-0.05, 0) is 30.5 Å². The molecule has 0 aromatic heterocycles. The van der Waals surface area contributed by atoms with E-state index in [9.17, 15) is 19.2 Å². The topological polar surface area (TPSA) is 104 Å². The summed E-state index contributed by atoms with van der Waals surface area (Å²) in [4.78, 5) is 47.5. The summed E-state index contributed by atoms with van der Waals surface area (Å²) in [5.41, 5.74) is 0.973. The number of hydrogen-bond acceptors (Lipinski definition) is 4. The summed E-state index contributed by atoms with van der Waals surface area (Å²) >= 11 is 11.8. The average Bonchev–Trinajstić information content (AvgIpc) is 2.88. The number of carbonyl (C=O) groups is 4. The van der Waals surface area contributed by atoms with Crippen molar-refractivity contribution in [1.29, 1.82) is 0 Å². The van der Waals surface area contributed by atoms with Gasteiger partial charge in [0.15, 0.2) is 0 Å². The molecular formula is C17H18Cl2N2O5. The first kappa shape index (κ1) is 20.2. The Kier molecular flexibility index (Phi) is 6.99. The van der Waals surface area contributed by atoms with Crippen LogP contribution in [0.1, 0.15) is 18.4 Å². The quantitative estimate of drug-likeness (QED) is 0.391. The Balaban J connectivity index is 1.78. The maximum absolute atomic E-state index is 12.1. The van der Waals surface area contributed by atoms with Crippen molar-refractivity contribution >= 4 is 46.8 Å². The minimum Gasteiger partial charge on any atom is -0.481 e. The van der Waals surface area contributed by atoms with Gasteiger partial charge in [-0.25, -0.2) is 0 Å². The number of likely N-dealkylation sites (tertiary alicyclic amines) is 1. The highest BCUT2D eigenvalue weighted by atomic mass is 35.5. The molecule has 1 aliphatic heterocycles. The van der Waals surface area contributed by atoms with Crippen LogP contribution in [0.5, 0.6) is 0 Å². The third-order valence-electron chi connectivity index (χ3n) is 4.05. The lowest BCUT2D eigenvalue weighted by molar-refractivity contribution is -0.143. The highest BCUT2D eigenvalue weighted by Gasteiger charge is 2.42. The van der Waals surface area contributed by atoms with E-state index in [1.165, 1.54) is 0 Å². The van der Waals surface area contributed by atoms with Crippen LogP contribution >= 0.6 is 23.2 Å². The molecule has 1 unspecified atom stereocenters. The third-order valence-corrected chi connectivity index (χ3v) is 4.79. The smallest absolute Gasteiger partial charge is 0.305 e. The zero-order valence-electron chi connectivity index (χ0n) is 13.8. The first-order chi connectivity index (χ1) is 12.3. The summed E-state index contributed by atoms with van der Waals surface area (Å²) in [6.45, 7) is 0.177. The van der Waals surface area contributed by atoms with E-state index in [-0.39, 0.29) is 19.5 Å². The Bertz CT molecular complexity index is 738. The molecule has 0 aliphatic carbocycles. The molecule has 1 heterocycles. The SMILES string of the molecule is O=C(O)CCN1CC(C(=O)NCCCc2ccc(Cl)c(Cl)c2)C(=O)C1=O. The monoisotopic (exact) mass is 400 g/mol. The zero-order valence-corrected chi connectivity index (χ0v) is 15.3. The van der Waals surface area contributed by atoms with E-state index in [4.69, 9.17) is 28.3 Å². The summed E-state index contributed by atoms with van der Waals surface area (Å²) in [6, 6.07) is 5.30. The van der Waals surface area contributed by atoms with Gasteiger partial charge in [0, 0.05) is 19.6 Å². The highest BCUT2D eigenvalue weighted by Crippen LogP contribution is 2.23. The Morgan fingerprint density at radius 3 is 2.62 bits per heavy atom. The minimum absolute atomic E-state index is 0.0798. The van der Waals surface area contributed by atoms with Crippen LogP contribution in [0.3, 0.4) is 0 Å². The van der Waals surface area contributed by atoms with E-state index >= 15 is 0 Å². The summed E-state index contributed by atoms with van der Waals surface area (Å²) in [7, 11) is 0. The third kappa shape index (κ3) is 5.19. The normalized spacial score (nSPS) is 16.8. The molecule has 1 aliphatic rings. The van der Waals surface area contributed by atoms with Crippen LogP contribution in [0, 0.1) is 5.92 Å². The number of rotatable bonds is 8. The summed E-state index contributed by atoms with van der Waals surface area (Å²) in [6.07, 6.45) is 1.03. The van der Waals surface area contributed by atoms with Crippen molar-refractivity contribution in [3.8, 4) is 0 Å². The van der Waals surface area contributed by atoms with Gasteiger partial charge in [-0.2, -0.15) is 0 Å². The lowest BCUT2D eigenvalue weighted by Gasteiger charge is -2.14. The van der Waals surface area contributed by atoms with Crippen molar-refractivity contribution in [2.45, 2.75) is 19.3 Å². The first-order valence-electron chi connectivity index (χ1n) is 8.06. The summed E-state index contributed by atoms with van der Waals surface area (Å²) in [5.74, 6) is -4.27. The molecule has 140 valence electrons. The Hall–Kier alpha value is -2.12. The number of hydrogen-bond donors (Lipinski definition) is 2. The number of carboxylic acid groups (broad SMARTS) is 1. The number of nitrogens with zero attached hydrogens (tertiary/aromatic N) is 1. The van der Waals surface area contributed by atoms with E-state index in [1.54, 1.807) is 12.1 Å². The van der Waals surface area contributed by atoms with E-state index in [0.717, 1.165) is 10.5 Å². The molecule has 0 saturated carbocycles. The maximum Gasteiger partial charge on any atom is 0.305 e. The van der Waals surface area contributed by atoms with Gasteiger partial charge in [0.25, 0.3) is 5.91 Å². The molecule has 1 fully saturated rings. The molecule has 9 heteroatoms. The highest BCUT2D eigenvalue weighted by molar-refractivity contribution is 6.42. The van der Waals surface area contributed by atoms with Crippen LogP contribution in [0.25, 0.3) is 0 Å². The second-order valence-corrected chi connectivity index (χ2v) is 6.77. The lowest BCUT2D eigenvalue weighted by Crippen LogP contribution is -2.36. The fourth-order valence-electron chi connectivity index (χ4n) is 2.64. The van der Waals surface area contributed by atoms with Gasteiger partial charge in [0.2, 0.25) is 11.7 Å². The van der Waals surface area contributed by atoms with E-state index < -0.39 is 29.5 Å². The second-order valence-electron chi connectivity index (χ2n) is 5.95. The van der Waals surface area contributed by atoms with Gasteiger partial charge in [-0.1, -0.05) is 29.3 Å². The number of aryl methyl sites for hydroxylation is 1. The Morgan fingerprint density at radius 1 is 1.23 bits per heavy atom. The molecule has 1 aromatic rings. The largest absolute Gasteiger partial charge is 0.481 e. The van der Waals surface area contributed by atoms with Crippen molar-refractivity contribution in [3.05, 3.63) is 33.8 Å². The molecule has 2 amide bonds. The Morgan fingerprint density at radius 2 is 1.96 bits per heavy atom. The zero-order chi connectivity index (χ0) is 19.3. The van der Waals surface area contributed by atoms with Crippen LogP contribution in [-0.4, -0.2) is 53.2 Å². The van der Waals surface area contributed by atoms with Gasteiger partial charge in [0.1, 0.15) is 5.92 Å². The molecule has 2 rings (SSSR count). The van der Waals surface area contributed by atoms with E-state index in [2.05, 4.69) is 5.32 Å². The number of ketones is 1. The number of carboxylic acids is 1. The number of carbonyl (C=O) groups excluding carboxylic acids is 3. The first-order valence-corrected chi connectivity index (χ1v) is 8.81. The number of benzene rings is 1. The predicted molar refractivity (Wildman–Crippen MR) is 95.1 cm³/mol. The lowest BCUT2D eigenvalue weighted by atomic mass is 10.1. The van der Waals surface area contributed by atoms with Crippen molar-refractivity contribution in [2.75, 3.05) is 19.6 Å². The molecule has 1 aromatic carbocycles. The van der Waals surface area contributed by atoms with Gasteiger partial charge in [0.05, 0.1) is 16.5 Å². The predicted octanol–water partition coefficient (Wildman–Crippen LogP) is 1.54. The van der Waals surface area contributed by atoms with Crippen LogP contribution in [0.15, 0.2) is 18.2 Å². The van der Waals surface area contributed by atoms with Crippen molar-refractivity contribution in [3.63, 3.8) is 0 Å². The minimum atomic E-state index is -1.08. The van der Waals surface area contributed by atoms with Crippen LogP contribution in [0.4, 0.5) is 0 Å². The number of amides is 2. The molecule has 0 spiro atoms. The van der Waals surface area contributed by atoms with Crippen LogP contribution in [0.2, 0.25) is 10.0 Å². The van der Waals surface area contributed by atoms with Gasteiger partial charge in [-0.15, -0.1) is 0 Å². The van der Waals surface area contributed by atoms with Crippen molar-refractivity contribution < 1.29 is 24.3 Å². The van der Waals surface area contributed by atoms with E-state index in [1.807, 2.05) is 6.07 Å².